The van der Waals surface area contributed by atoms with E-state index in [0.29, 0.717) is 24.5 Å². The van der Waals surface area contributed by atoms with Gasteiger partial charge in [0, 0.05) is 11.4 Å². The van der Waals surface area contributed by atoms with Crippen molar-refractivity contribution in [2.45, 2.75) is 13.3 Å². The van der Waals surface area contributed by atoms with Gasteiger partial charge in [0.05, 0.1) is 24.4 Å². The van der Waals surface area contributed by atoms with Crippen molar-refractivity contribution in [2.24, 2.45) is 0 Å². The number of hydrogen-bond acceptors (Lipinski definition) is 10. The minimum absolute atomic E-state index is 0. The zero-order chi connectivity index (χ0) is 30.2. The Kier molecular flexibility index (Phi) is 14.6. The van der Waals surface area contributed by atoms with Crippen molar-refractivity contribution in [3.05, 3.63) is 130 Å². The summed E-state index contributed by atoms with van der Waals surface area (Å²) < 4.78 is 13.5. The summed E-state index contributed by atoms with van der Waals surface area (Å²) in [6.45, 7) is 0.777. The van der Waals surface area contributed by atoms with Gasteiger partial charge in [-0.25, -0.2) is 20.1 Å². The van der Waals surface area contributed by atoms with Crippen LogP contribution in [0, 0.1) is 21.3 Å². The summed E-state index contributed by atoms with van der Waals surface area (Å²) in [6.07, 6.45) is 0. The topological polar surface area (TPSA) is 142 Å². The molecule has 0 bridgehead atoms. The maximum absolute atomic E-state index is 11.7. The van der Waals surface area contributed by atoms with Gasteiger partial charge in [0.25, 0.3) is 0 Å². The molecule has 6 rings (SSSR count). The van der Waals surface area contributed by atoms with Gasteiger partial charge in [0.1, 0.15) is 0 Å². The van der Waals surface area contributed by atoms with Gasteiger partial charge in [-0.3, -0.25) is 9.13 Å². The van der Waals surface area contributed by atoms with Crippen LogP contribution in [0.15, 0.2) is 128 Å². The van der Waals surface area contributed by atoms with Crippen LogP contribution in [0.4, 0.5) is 11.4 Å². The Morgan fingerprint density at radius 3 is 1.23 bits per heavy atom. The molecule has 0 aliphatic heterocycles. The molecule has 10 nitrogen and oxygen atoms in total. The normalized spacial score (nSPS) is 9.26. The fourth-order valence-corrected chi connectivity index (χ4v) is 3.78. The van der Waals surface area contributed by atoms with E-state index in [0.717, 1.165) is 22.4 Å². The molecule has 0 saturated heterocycles. The van der Waals surface area contributed by atoms with E-state index >= 15 is 0 Å². The van der Waals surface area contributed by atoms with Crippen LogP contribution in [-0.4, -0.2) is 9.13 Å². The first-order valence-electron chi connectivity index (χ1n) is 12.3. The number of thiocyanates is 2. The van der Waals surface area contributed by atoms with Crippen molar-refractivity contribution in [1.82, 2.24) is 9.13 Å². The number of fused-ring (bicyclic) bond motifs is 2. The third-order valence-corrected chi connectivity index (χ3v) is 5.58. The van der Waals surface area contributed by atoms with Crippen molar-refractivity contribution in [1.29, 1.82) is 10.5 Å². The van der Waals surface area contributed by atoms with Gasteiger partial charge >= 0.3 is 28.6 Å². The Morgan fingerprint density at radius 2 is 0.884 bits per heavy atom. The van der Waals surface area contributed by atoms with Crippen molar-refractivity contribution in [2.75, 3.05) is 10.6 Å². The predicted molar refractivity (Wildman–Crippen MR) is 167 cm³/mol. The second-order valence-electron chi connectivity index (χ2n) is 8.11. The molecule has 0 spiro atoms. The SMILES string of the molecule is N#C[S-].N#C[S-].O=c1oc2ccccc2n1CNc1ccccc1.O=c1oc2ccccc2n1CNc1ccccc1.[Cu+2]. The molecule has 2 N–H and O–H groups in total. The second-order valence-corrected chi connectivity index (χ2v) is 8.48. The summed E-state index contributed by atoms with van der Waals surface area (Å²) in [6, 6.07) is 34.3. The van der Waals surface area contributed by atoms with Crippen molar-refractivity contribution >= 4 is 58.8 Å². The first-order chi connectivity index (χ1) is 20.5. The number of anilines is 2. The monoisotopic (exact) mass is 659 g/mol. The smallest absolute Gasteiger partial charge is 0.696 e. The molecular weight excluding hydrogens is 636 g/mol. The van der Waals surface area contributed by atoms with Crippen LogP contribution in [0.1, 0.15) is 0 Å². The minimum Gasteiger partial charge on any atom is -0.696 e. The largest absolute Gasteiger partial charge is 2.00 e. The summed E-state index contributed by atoms with van der Waals surface area (Å²) in [7, 11) is 0. The van der Waals surface area contributed by atoms with Crippen molar-refractivity contribution in [3.63, 3.8) is 0 Å². The van der Waals surface area contributed by atoms with Gasteiger partial charge in [-0.05, 0) is 48.5 Å². The van der Waals surface area contributed by atoms with Gasteiger partial charge in [-0.1, -0.05) is 71.5 Å². The summed E-state index contributed by atoms with van der Waals surface area (Å²) >= 11 is 7.40. The van der Waals surface area contributed by atoms with E-state index in [9.17, 15) is 9.59 Å². The van der Waals surface area contributed by atoms with Crippen LogP contribution < -0.4 is 22.1 Å². The standard InChI is InChI=1S/2C14H12N2O2.2CHNS.Cu/c2*17-14-16(10-15-11-6-2-1-3-7-11)12-8-4-5-9-13(12)18-14;2*2-1-3;/h2*1-9,15H,10H2;2*3H;/q;;;;+2/p-2. The molecule has 6 aromatic rings. The van der Waals surface area contributed by atoms with E-state index < -0.39 is 0 Å². The molecule has 0 aliphatic rings. The van der Waals surface area contributed by atoms with E-state index in [1.54, 1.807) is 21.3 Å². The molecule has 0 aliphatic carbocycles. The molecule has 0 saturated carbocycles. The Hall–Kier alpha value is -5.04. The summed E-state index contributed by atoms with van der Waals surface area (Å²) in [5.41, 5.74) is 4.75. The number of nitrogens with one attached hydrogen (secondary N) is 2. The van der Waals surface area contributed by atoms with E-state index in [4.69, 9.17) is 19.4 Å². The van der Waals surface area contributed by atoms with E-state index in [1.807, 2.05) is 97.1 Å². The molecule has 0 unspecified atom stereocenters. The molecule has 13 heteroatoms. The number of hydrogen-bond donors (Lipinski definition) is 2. The van der Waals surface area contributed by atoms with Crippen molar-refractivity contribution < 1.29 is 25.9 Å². The van der Waals surface area contributed by atoms with Crippen LogP contribution in [0.25, 0.3) is 22.2 Å². The van der Waals surface area contributed by atoms with Gasteiger partial charge in [-0.15, -0.1) is 0 Å². The molecular formula is C30H24CuN6O4S2. The number of rotatable bonds is 6. The Bertz CT molecular complexity index is 1750. The van der Waals surface area contributed by atoms with E-state index in [1.165, 1.54) is 10.8 Å². The van der Waals surface area contributed by atoms with Crippen molar-refractivity contribution in [3.8, 4) is 10.8 Å². The van der Waals surface area contributed by atoms with Crippen LogP contribution >= 0.6 is 0 Å². The molecule has 2 heterocycles. The second kappa shape index (κ2) is 18.4. The molecule has 4 aromatic carbocycles. The summed E-state index contributed by atoms with van der Waals surface area (Å²) in [4.78, 5) is 23.4. The number of benzene rings is 4. The summed E-state index contributed by atoms with van der Waals surface area (Å²) in [5, 5.41) is 23.3. The molecule has 2 aromatic heterocycles. The molecule has 43 heavy (non-hydrogen) atoms. The predicted octanol–water partition coefficient (Wildman–Crippen LogP) is 5.35. The maximum atomic E-state index is 11.7. The maximum Gasteiger partial charge on any atom is 2.00 e. The third-order valence-electron chi connectivity index (χ3n) is 5.58. The Labute approximate surface area is 268 Å². The van der Waals surface area contributed by atoms with Crippen LogP contribution in [0.2, 0.25) is 0 Å². The Morgan fingerprint density at radius 1 is 0.581 bits per heavy atom. The average Bonchev–Trinajstić information content (AvgIpc) is 3.51. The first kappa shape index (κ1) is 34.2. The first-order valence-corrected chi connectivity index (χ1v) is 13.1. The van der Waals surface area contributed by atoms with Gasteiger partial charge < -0.3 is 44.7 Å². The quantitative estimate of drug-likeness (QED) is 0.136. The number of nitriles is 2. The van der Waals surface area contributed by atoms with Gasteiger partial charge in [0.2, 0.25) is 0 Å². The van der Waals surface area contributed by atoms with Gasteiger partial charge in [0.15, 0.2) is 11.2 Å². The molecule has 221 valence electrons. The molecule has 1 radical (unpaired) electrons. The molecule has 0 atom stereocenters. The number of oxazole rings is 2. The van der Waals surface area contributed by atoms with Crippen LogP contribution in [0.3, 0.4) is 0 Å². The average molecular weight is 660 g/mol. The van der Waals surface area contributed by atoms with Crippen LogP contribution in [0.5, 0.6) is 0 Å². The van der Waals surface area contributed by atoms with Crippen LogP contribution in [-0.2, 0) is 55.7 Å². The fraction of sp³-hybridized carbons (Fsp3) is 0.0667. The zero-order valence-electron chi connectivity index (χ0n) is 22.3. The van der Waals surface area contributed by atoms with E-state index in [2.05, 4.69) is 35.9 Å². The number of aromatic nitrogens is 2. The fourth-order valence-electron chi connectivity index (χ4n) is 3.78. The Balaban J connectivity index is 0.000000249. The molecule has 0 amide bonds. The van der Waals surface area contributed by atoms with Gasteiger partial charge in [-0.2, -0.15) is 0 Å². The zero-order valence-corrected chi connectivity index (χ0v) is 24.9. The number of nitrogens with zero attached hydrogens (tertiary/aromatic N) is 4. The molecule has 0 fully saturated rings. The minimum atomic E-state index is -0.348. The van der Waals surface area contributed by atoms with E-state index in [-0.39, 0.29) is 28.6 Å². The number of para-hydroxylation sites is 6. The third kappa shape index (κ3) is 10.1. The summed E-state index contributed by atoms with van der Waals surface area (Å²) in [5.74, 6) is -0.695.